The Morgan fingerprint density at radius 3 is 1.46 bits per heavy atom. The van der Waals surface area contributed by atoms with Crippen molar-refractivity contribution in [2.24, 2.45) is 0 Å². The van der Waals surface area contributed by atoms with E-state index in [-0.39, 0.29) is 0 Å². The molecule has 0 aliphatic carbocycles. The van der Waals surface area contributed by atoms with E-state index in [2.05, 4.69) is 16.0 Å². The first-order chi connectivity index (χ1) is 40.8. The maximum Gasteiger partial charge on any atom is 0.364 e. The second-order valence-electron chi connectivity index (χ2n) is 21.7. The molecule has 87 heavy (non-hydrogen) atoms. The van der Waals surface area contributed by atoms with E-state index in [1.165, 1.54) is 0 Å². The first kappa shape index (κ1) is 72.3. The van der Waals surface area contributed by atoms with Crippen molar-refractivity contribution >= 4 is 29.7 Å². The highest BCUT2D eigenvalue weighted by Gasteiger charge is 2.61. The molecule has 31 atom stereocenters. The zero-order valence-corrected chi connectivity index (χ0v) is 46.6. The Labute approximate surface area is 491 Å². The molecule has 6 aliphatic heterocycles. The van der Waals surface area contributed by atoms with Gasteiger partial charge in [-0.1, -0.05) is 0 Å². The number of carbonyl (C=O) groups excluding carboxylic acids is 3. The van der Waals surface area contributed by atoms with Crippen molar-refractivity contribution < 1.29 is 178 Å². The number of nitrogens with one attached hydrogen (secondary N) is 3. The summed E-state index contributed by atoms with van der Waals surface area (Å²) in [6.45, 7) is -4.04. The van der Waals surface area contributed by atoms with E-state index >= 15 is 0 Å². The van der Waals surface area contributed by atoms with Crippen LogP contribution in [-0.4, -0.2) is 361 Å². The summed E-state index contributed by atoms with van der Waals surface area (Å²) < 4.78 is 63.7. The Morgan fingerprint density at radius 2 is 0.966 bits per heavy atom. The number of carbonyl (C=O) groups is 5. The first-order valence-corrected chi connectivity index (χ1v) is 27.3. The lowest BCUT2D eigenvalue weighted by molar-refractivity contribution is -0.382. The third-order valence-electron chi connectivity index (χ3n) is 15.5. The van der Waals surface area contributed by atoms with Crippen LogP contribution in [0.15, 0.2) is 0 Å². The van der Waals surface area contributed by atoms with Gasteiger partial charge in [-0.3, -0.25) is 14.4 Å². The zero-order chi connectivity index (χ0) is 64.9. The summed E-state index contributed by atoms with van der Waals surface area (Å²) in [4.78, 5) is 64.0. The van der Waals surface area contributed by atoms with Gasteiger partial charge in [0.2, 0.25) is 17.7 Å². The lowest BCUT2D eigenvalue weighted by Gasteiger charge is -2.51. The van der Waals surface area contributed by atoms with Crippen molar-refractivity contribution in [3.63, 3.8) is 0 Å². The molecule has 6 fully saturated rings. The maximum atomic E-state index is 13.2. The summed E-state index contributed by atoms with van der Waals surface area (Å²) in [5.74, 6) is -13.2. The smallest absolute Gasteiger partial charge is 0.364 e. The molecule has 39 nitrogen and oxygen atoms in total. The Kier molecular flexibility index (Phi) is 25.4. The third kappa shape index (κ3) is 16.1. The van der Waals surface area contributed by atoms with Gasteiger partial charge in [-0.2, -0.15) is 0 Å². The monoisotopic (exact) mass is 1270 g/mol. The molecule has 39 heteroatoms. The quantitative estimate of drug-likeness (QED) is 0.0404. The first-order valence-electron chi connectivity index (χ1n) is 27.3. The number of ether oxygens (including phenoxy) is 11. The fourth-order valence-corrected chi connectivity index (χ4v) is 11.0. The SMILES string of the molecule is CC(=O)N[C@H]1[C@H](O[C@H]2[C@@H](O)[C@@H](CO)O[C@@H](O[C@H]3[C@H](O)[C@@H](O)C(O)O[C@@H]3CO)[C@@H]2O)O[C@H](CO[C@]2(C(=O)O)C[C@H](O)[C@@H](NC(C)=O)[C@H]([C@H](O)[C@H](O)CO)O2)[C@@H](O)[C@@H]1O[C@H]1C[C@@H](O[C@]2(C(=O)O)C[C@H](O)[C@@H](NC(C)=O)[C@H]([C@H](O)[C@H](O)CO)O2)[C@@H](O)[C@@H](CO)O1. The van der Waals surface area contributed by atoms with Gasteiger partial charge in [0.25, 0.3) is 11.6 Å². The average Bonchev–Trinajstić information content (AvgIpc) is 1.15. The van der Waals surface area contributed by atoms with E-state index in [9.17, 15) is 126 Å². The number of aliphatic hydroxyl groups is 18. The predicted octanol–water partition coefficient (Wildman–Crippen LogP) is -14.2. The van der Waals surface area contributed by atoms with Crippen molar-refractivity contribution in [1.29, 1.82) is 0 Å². The van der Waals surface area contributed by atoms with Gasteiger partial charge in [-0.25, -0.2) is 9.59 Å². The van der Waals surface area contributed by atoms with Crippen LogP contribution < -0.4 is 16.0 Å². The standard InChI is InChI=1S/C48H79N3O36/c1-13(57)49-26-16(60)5-47(45(73)74,86-39(26)29(64)18(62)7-52)77-12-24-33(68)38(28(51-15(3)59)43(81-24)84-41-32(67)22(10-55)80-44(36(41)71)83-37-23(11-56)79-42(72)35(70)34(37)69)82-25-4-20(31(66)21(9-54)78-25)85-48(46(75)76)6-17(61)27(50-14(2)58)40(87-48)30(65)19(63)8-53/h16-44,52-56,60-72H,4-12H2,1-3H3,(H,49,57)(H,50,58)(H,51,59)(H,73,74)(H,75,76)/t16-,17-,18+,19+,20+,21+,22+,23+,24+,25-,26+,27+,28+,29+,30+,31+,32-,33+,34+,35+,36+,37+,38+,39+,40+,41-,42?,43-,44-,47+,48+/m0/s1. The Bertz CT molecular complexity index is 2280. The highest BCUT2D eigenvalue weighted by Crippen LogP contribution is 2.41. The van der Waals surface area contributed by atoms with Gasteiger partial charge in [0.1, 0.15) is 122 Å². The van der Waals surface area contributed by atoms with Crippen LogP contribution in [0.5, 0.6) is 0 Å². The largest absolute Gasteiger partial charge is 0.477 e. The normalized spacial score (nSPS) is 44.1. The molecule has 0 aromatic heterocycles. The molecule has 0 aromatic carbocycles. The Morgan fingerprint density at radius 1 is 0.506 bits per heavy atom. The topological polar surface area (TPSA) is 628 Å². The minimum Gasteiger partial charge on any atom is -0.477 e. The molecule has 3 amide bonds. The van der Waals surface area contributed by atoms with Crippen LogP contribution >= 0.6 is 0 Å². The molecule has 6 rings (SSSR count). The van der Waals surface area contributed by atoms with E-state index in [1.807, 2.05) is 0 Å². The molecule has 0 aromatic rings. The molecule has 0 bridgehead atoms. The van der Waals surface area contributed by atoms with Crippen LogP contribution in [0.25, 0.3) is 0 Å². The number of hydrogen-bond acceptors (Lipinski definition) is 34. The van der Waals surface area contributed by atoms with Gasteiger partial charge in [0, 0.05) is 40.0 Å². The van der Waals surface area contributed by atoms with Crippen LogP contribution in [0.2, 0.25) is 0 Å². The van der Waals surface area contributed by atoms with Crippen molar-refractivity contribution in [2.75, 3.05) is 39.6 Å². The fourth-order valence-electron chi connectivity index (χ4n) is 11.0. The van der Waals surface area contributed by atoms with Gasteiger partial charge >= 0.3 is 11.9 Å². The molecule has 0 saturated carbocycles. The van der Waals surface area contributed by atoms with Gasteiger partial charge in [0.05, 0.1) is 70.0 Å². The molecule has 1 unspecified atom stereocenters. The number of rotatable bonds is 25. The minimum atomic E-state index is -3.17. The molecule has 6 saturated heterocycles. The number of aliphatic hydroxyl groups excluding tert-OH is 18. The molecule has 0 spiro atoms. The van der Waals surface area contributed by atoms with Crippen LogP contribution in [0.1, 0.15) is 40.0 Å². The van der Waals surface area contributed by atoms with E-state index in [0.717, 1.165) is 20.8 Å². The lowest BCUT2D eigenvalue weighted by Crippen LogP contribution is -2.70. The summed E-state index contributed by atoms with van der Waals surface area (Å²) in [6, 6.07) is -5.41. The van der Waals surface area contributed by atoms with Gasteiger partial charge in [0.15, 0.2) is 25.2 Å². The van der Waals surface area contributed by atoms with E-state index in [1.54, 1.807) is 0 Å². The maximum absolute atomic E-state index is 13.2. The Balaban J connectivity index is 1.41. The summed E-state index contributed by atoms with van der Waals surface area (Å²) in [7, 11) is 0. The van der Waals surface area contributed by atoms with Gasteiger partial charge in [-0.15, -0.1) is 0 Å². The fraction of sp³-hybridized carbons (Fsp3) is 0.896. The van der Waals surface area contributed by atoms with Crippen LogP contribution in [0, 0.1) is 0 Å². The molecule has 6 aliphatic rings. The van der Waals surface area contributed by atoms with Crippen LogP contribution in [-0.2, 0) is 76.1 Å². The van der Waals surface area contributed by atoms with E-state index in [4.69, 9.17) is 52.1 Å². The van der Waals surface area contributed by atoms with Crippen LogP contribution in [0.4, 0.5) is 0 Å². The number of carboxylic acid groups (broad SMARTS) is 2. The number of carboxylic acids is 2. The van der Waals surface area contributed by atoms with Gasteiger partial charge < -0.3 is 170 Å². The molecular formula is C48H79N3O36. The zero-order valence-electron chi connectivity index (χ0n) is 46.6. The van der Waals surface area contributed by atoms with Crippen LogP contribution in [0.3, 0.4) is 0 Å². The predicted molar refractivity (Wildman–Crippen MR) is 267 cm³/mol. The third-order valence-corrected chi connectivity index (χ3v) is 15.5. The molecule has 6 heterocycles. The summed E-state index contributed by atoms with van der Waals surface area (Å²) in [6.07, 6.45) is -57.6. The highest BCUT2D eigenvalue weighted by atomic mass is 16.8. The highest BCUT2D eigenvalue weighted by molar-refractivity contribution is 5.77. The molecule has 23 N–H and O–H groups in total. The minimum absolute atomic E-state index is 0.843. The summed E-state index contributed by atoms with van der Waals surface area (Å²) >= 11 is 0. The summed E-state index contributed by atoms with van der Waals surface area (Å²) in [5, 5.41) is 222. The van der Waals surface area contributed by atoms with Crippen molar-refractivity contribution in [1.82, 2.24) is 16.0 Å². The molecule has 0 radical (unpaired) electrons. The molecular weight excluding hydrogens is 1190 g/mol. The average molecular weight is 1270 g/mol. The van der Waals surface area contributed by atoms with Crippen molar-refractivity contribution in [3.05, 3.63) is 0 Å². The van der Waals surface area contributed by atoms with E-state index in [0.29, 0.717) is 0 Å². The van der Waals surface area contributed by atoms with Gasteiger partial charge in [-0.05, 0) is 0 Å². The van der Waals surface area contributed by atoms with Crippen molar-refractivity contribution in [2.45, 2.75) is 229 Å². The van der Waals surface area contributed by atoms with Crippen molar-refractivity contribution in [3.8, 4) is 0 Å². The van der Waals surface area contributed by atoms with E-state index < -0.39 is 278 Å². The second kappa shape index (κ2) is 30.5. The summed E-state index contributed by atoms with van der Waals surface area (Å²) in [5.41, 5.74) is 0. The molecule has 502 valence electrons. The lowest BCUT2D eigenvalue weighted by atomic mass is 9.88. The second-order valence-corrected chi connectivity index (χ2v) is 21.7. The number of amides is 3. The number of aliphatic carboxylic acids is 2. The Hall–Kier alpha value is -3.81. The number of hydrogen-bond donors (Lipinski definition) is 23.